The van der Waals surface area contributed by atoms with Crippen molar-refractivity contribution in [2.24, 2.45) is 5.92 Å². The third-order valence-corrected chi connectivity index (χ3v) is 2.58. The van der Waals surface area contributed by atoms with Gasteiger partial charge in [0.2, 0.25) is 0 Å². The van der Waals surface area contributed by atoms with E-state index in [-0.39, 0.29) is 17.8 Å². The fourth-order valence-corrected chi connectivity index (χ4v) is 1.53. The molecule has 1 aromatic carbocycles. The zero-order valence-corrected chi connectivity index (χ0v) is 7.78. The number of rotatable bonds is 0. The van der Waals surface area contributed by atoms with Crippen molar-refractivity contribution in [1.82, 2.24) is 0 Å². The molecule has 0 saturated heterocycles. The Morgan fingerprint density at radius 2 is 1.92 bits per heavy atom. The van der Waals surface area contributed by atoms with Crippen LogP contribution in [0.25, 0.3) is 0 Å². The highest BCUT2D eigenvalue weighted by atomic mass is 16.5. The lowest BCUT2D eigenvalue weighted by molar-refractivity contribution is 0.0730. The monoisotopic (exact) mass is 176 g/mol. The summed E-state index contributed by atoms with van der Waals surface area (Å²) in [6, 6.07) is 7.41. The van der Waals surface area contributed by atoms with Crippen LogP contribution in [0, 0.1) is 5.92 Å². The Morgan fingerprint density at radius 1 is 1.23 bits per heavy atom. The molecule has 68 valence electrons. The lowest BCUT2D eigenvalue weighted by atomic mass is 9.92. The van der Waals surface area contributed by atoms with Gasteiger partial charge in [-0.1, -0.05) is 19.1 Å². The van der Waals surface area contributed by atoms with Crippen LogP contribution in [-0.2, 0) is 0 Å². The number of hydrogen-bond acceptors (Lipinski definition) is 2. The summed E-state index contributed by atoms with van der Waals surface area (Å²) in [5.41, 5.74) is 0.716. The van der Waals surface area contributed by atoms with Gasteiger partial charge in [-0.2, -0.15) is 0 Å². The van der Waals surface area contributed by atoms with Crippen molar-refractivity contribution in [3.05, 3.63) is 29.8 Å². The normalized spacial score (nSPS) is 26.5. The maximum Gasteiger partial charge on any atom is 0.173 e. The van der Waals surface area contributed by atoms with E-state index in [1.807, 2.05) is 38.1 Å². The second-order valence-corrected chi connectivity index (χ2v) is 3.47. The molecule has 1 aliphatic heterocycles. The molecule has 0 amide bonds. The summed E-state index contributed by atoms with van der Waals surface area (Å²) in [5.74, 6) is 0.877. The van der Waals surface area contributed by atoms with E-state index in [4.69, 9.17) is 4.74 Å². The van der Waals surface area contributed by atoms with Gasteiger partial charge in [0.15, 0.2) is 5.78 Å². The summed E-state index contributed by atoms with van der Waals surface area (Å²) in [4.78, 5) is 11.7. The predicted molar refractivity (Wildman–Crippen MR) is 50.0 cm³/mol. The van der Waals surface area contributed by atoms with Gasteiger partial charge < -0.3 is 4.74 Å². The summed E-state index contributed by atoms with van der Waals surface area (Å²) in [6.45, 7) is 3.83. The first kappa shape index (κ1) is 8.30. The number of carbonyl (C=O) groups excluding carboxylic acids is 1. The summed E-state index contributed by atoms with van der Waals surface area (Å²) in [7, 11) is 0. The molecule has 2 heteroatoms. The summed E-state index contributed by atoms with van der Waals surface area (Å²) >= 11 is 0. The molecule has 1 heterocycles. The molecule has 0 unspecified atom stereocenters. The number of ether oxygens (including phenoxy) is 1. The van der Waals surface area contributed by atoms with E-state index in [0.717, 1.165) is 5.75 Å². The van der Waals surface area contributed by atoms with Crippen molar-refractivity contribution in [3.8, 4) is 5.75 Å². The maximum atomic E-state index is 11.7. The molecule has 0 N–H and O–H groups in total. The van der Waals surface area contributed by atoms with Gasteiger partial charge >= 0.3 is 0 Å². The van der Waals surface area contributed by atoms with Crippen LogP contribution < -0.4 is 4.74 Å². The maximum absolute atomic E-state index is 11.7. The minimum absolute atomic E-state index is 0.0117. The number of para-hydroxylation sites is 1. The minimum atomic E-state index is -0.0325. The average molecular weight is 176 g/mol. The first-order chi connectivity index (χ1) is 6.20. The number of benzene rings is 1. The van der Waals surface area contributed by atoms with Crippen molar-refractivity contribution in [2.75, 3.05) is 0 Å². The van der Waals surface area contributed by atoms with E-state index in [1.54, 1.807) is 0 Å². The van der Waals surface area contributed by atoms with Crippen LogP contribution in [0.5, 0.6) is 5.75 Å². The summed E-state index contributed by atoms with van der Waals surface area (Å²) in [5, 5.41) is 0. The van der Waals surface area contributed by atoms with Gasteiger partial charge in [-0.25, -0.2) is 0 Å². The van der Waals surface area contributed by atoms with Gasteiger partial charge in [0.1, 0.15) is 11.9 Å². The molecule has 0 spiro atoms. The molecule has 1 aliphatic rings. The molecule has 0 radical (unpaired) electrons. The highest BCUT2D eigenvalue weighted by Gasteiger charge is 2.30. The molecule has 1 aromatic rings. The van der Waals surface area contributed by atoms with Crippen molar-refractivity contribution in [2.45, 2.75) is 20.0 Å². The van der Waals surface area contributed by atoms with Gasteiger partial charge in [-0.15, -0.1) is 0 Å². The standard InChI is InChI=1S/C11H12O2/c1-7-8(2)13-10-6-4-3-5-9(10)11(7)12/h3-8H,1-2H3/t7-,8+/m1/s1. The van der Waals surface area contributed by atoms with Crippen LogP contribution >= 0.6 is 0 Å². The van der Waals surface area contributed by atoms with E-state index in [0.29, 0.717) is 5.56 Å². The molecule has 13 heavy (non-hydrogen) atoms. The molecule has 0 fully saturated rings. The van der Waals surface area contributed by atoms with Crippen molar-refractivity contribution in [3.63, 3.8) is 0 Å². The first-order valence-corrected chi connectivity index (χ1v) is 4.50. The Morgan fingerprint density at radius 3 is 2.69 bits per heavy atom. The quantitative estimate of drug-likeness (QED) is 0.606. The van der Waals surface area contributed by atoms with Gasteiger partial charge in [-0.05, 0) is 19.1 Å². The van der Waals surface area contributed by atoms with Gasteiger partial charge in [0.25, 0.3) is 0 Å². The number of Topliss-reactive ketones (excluding diaryl/α,β-unsaturated/α-hetero) is 1. The molecule has 0 aromatic heterocycles. The number of hydrogen-bond donors (Lipinski definition) is 0. The van der Waals surface area contributed by atoms with E-state index in [2.05, 4.69) is 0 Å². The zero-order valence-electron chi connectivity index (χ0n) is 7.78. The molecule has 0 aliphatic carbocycles. The SMILES string of the molecule is C[C@@H]1Oc2ccccc2C(=O)[C@@H]1C. The molecular formula is C11H12O2. The van der Waals surface area contributed by atoms with E-state index in [1.165, 1.54) is 0 Å². The van der Waals surface area contributed by atoms with E-state index in [9.17, 15) is 4.79 Å². The Hall–Kier alpha value is -1.31. The van der Waals surface area contributed by atoms with E-state index < -0.39 is 0 Å². The third kappa shape index (κ3) is 1.22. The molecule has 2 rings (SSSR count). The summed E-state index contributed by atoms with van der Waals surface area (Å²) < 4.78 is 5.59. The Labute approximate surface area is 77.5 Å². The van der Waals surface area contributed by atoms with E-state index >= 15 is 0 Å². The third-order valence-electron chi connectivity index (χ3n) is 2.58. The Bertz CT molecular complexity index is 344. The van der Waals surface area contributed by atoms with Crippen LogP contribution in [0.2, 0.25) is 0 Å². The highest BCUT2D eigenvalue weighted by Crippen LogP contribution is 2.29. The second kappa shape index (κ2) is 2.87. The largest absolute Gasteiger partial charge is 0.489 e. The van der Waals surface area contributed by atoms with Crippen LogP contribution in [0.4, 0.5) is 0 Å². The second-order valence-electron chi connectivity index (χ2n) is 3.47. The number of ketones is 1. The molecule has 2 atom stereocenters. The number of carbonyl (C=O) groups is 1. The Balaban J connectivity index is 2.49. The van der Waals surface area contributed by atoms with Crippen molar-refractivity contribution in [1.29, 1.82) is 0 Å². The van der Waals surface area contributed by atoms with Gasteiger partial charge in [0, 0.05) is 0 Å². The van der Waals surface area contributed by atoms with Crippen LogP contribution in [-0.4, -0.2) is 11.9 Å². The van der Waals surface area contributed by atoms with Crippen LogP contribution in [0.3, 0.4) is 0 Å². The van der Waals surface area contributed by atoms with Crippen LogP contribution in [0.1, 0.15) is 24.2 Å². The lowest BCUT2D eigenvalue weighted by Crippen LogP contribution is -2.33. The Kier molecular flexibility index (Phi) is 1.83. The smallest absolute Gasteiger partial charge is 0.173 e. The highest BCUT2D eigenvalue weighted by molar-refractivity contribution is 6.01. The minimum Gasteiger partial charge on any atom is -0.489 e. The number of fused-ring (bicyclic) bond motifs is 1. The van der Waals surface area contributed by atoms with Gasteiger partial charge in [0.05, 0.1) is 11.5 Å². The molecular weight excluding hydrogens is 164 g/mol. The summed E-state index contributed by atoms with van der Waals surface area (Å²) in [6.07, 6.45) is -0.0117. The molecule has 0 saturated carbocycles. The van der Waals surface area contributed by atoms with Crippen LogP contribution in [0.15, 0.2) is 24.3 Å². The fraction of sp³-hybridized carbons (Fsp3) is 0.364. The lowest BCUT2D eigenvalue weighted by Gasteiger charge is -2.27. The van der Waals surface area contributed by atoms with Gasteiger partial charge in [-0.3, -0.25) is 4.79 Å². The fourth-order valence-electron chi connectivity index (χ4n) is 1.53. The average Bonchev–Trinajstić information content (AvgIpc) is 2.15. The topological polar surface area (TPSA) is 26.3 Å². The predicted octanol–water partition coefficient (Wildman–Crippen LogP) is 2.29. The zero-order chi connectivity index (χ0) is 9.42. The van der Waals surface area contributed by atoms with Crippen molar-refractivity contribution < 1.29 is 9.53 Å². The first-order valence-electron chi connectivity index (χ1n) is 4.50. The van der Waals surface area contributed by atoms with Crippen molar-refractivity contribution >= 4 is 5.78 Å². The molecule has 2 nitrogen and oxygen atoms in total. The molecule has 0 bridgehead atoms.